The van der Waals surface area contributed by atoms with E-state index in [1.54, 1.807) is 12.1 Å². The van der Waals surface area contributed by atoms with E-state index in [2.05, 4.69) is 0 Å². The van der Waals surface area contributed by atoms with Crippen LogP contribution in [0.25, 0.3) is 0 Å². The van der Waals surface area contributed by atoms with Gasteiger partial charge in [-0.1, -0.05) is 29.8 Å². The van der Waals surface area contributed by atoms with Gasteiger partial charge in [0, 0.05) is 11.1 Å². The fraction of sp³-hybridized carbons (Fsp3) is 0.250. The van der Waals surface area contributed by atoms with Crippen molar-refractivity contribution in [3.05, 3.63) is 64.4 Å². The molecule has 0 aromatic heterocycles. The number of halogens is 2. The number of hydrogen-bond acceptors (Lipinski definition) is 2. The van der Waals surface area contributed by atoms with Crippen LogP contribution < -0.4 is 10.5 Å². The molecule has 0 radical (unpaired) electrons. The minimum Gasteiger partial charge on any atom is -0.494 e. The maximum Gasteiger partial charge on any atom is 0.127 e. The first-order valence-electron chi connectivity index (χ1n) is 6.52. The monoisotopic (exact) mass is 293 g/mol. The molecule has 20 heavy (non-hydrogen) atoms. The third kappa shape index (κ3) is 3.71. The Bertz CT molecular complexity index is 571. The van der Waals surface area contributed by atoms with E-state index in [-0.39, 0.29) is 11.9 Å². The van der Waals surface area contributed by atoms with Gasteiger partial charge in [-0.3, -0.25) is 0 Å². The van der Waals surface area contributed by atoms with E-state index in [0.29, 0.717) is 23.6 Å². The standard InChI is InChI=1S/C16H17ClFNO/c1-2-20-14-7-4-11(5-8-14)16(19)9-12-3-6-13(17)10-15(12)18/h3-8,10,16H,2,9,19H2,1H3. The van der Waals surface area contributed by atoms with Gasteiger partial charge < -0.3 is 10.5 Å². The minimum atomic E-state index is -0.320. The Hall–Kier alpha value is -1.58. The largest absolute Gasteiger partial charge is 0.494 e. The van der Waals surface area contributed by atoms with Crippen molar-refractivity contribution in [3.63, 3.8) is 0 Å². The summed E-state index contributed by atoms with van der Waals surface area (Å²) in [5.74, 6) is 0.486. The van der Waals surface area contributed by atoms with E-state index in [1.807, 2.05) is 31.2 Å². The maximum absolute atomic E-state index is 13.7. The lowest BCUT2D eigenvalue weighted by atomic mass is 9.99. The normalized spacial score (nSPS) is 12.2. The van der Waals surface area contributed by atoms with Gasteiger partial charge in [-0.15, -0.1) is 0 Å². The second kappa shape index (κ2) is 6.73. The van der Waals surface area contributed by atoms with Crippen molar-refractivity contribution >= 4 is 11.6 Å². The molecule has 0 bridgehead atoms. The minimum absolute atomic E-state index is 0.263. The Morgan fingerprint density at radius 2 is 1.90 bits per heavy atom. The molecule has 0 fully saturated rings. The molecule has 0 aliphatic rings. The Labute approximate surface area is 123 Å². The van der Waals surface area contributed by atoms with Gasteiger partial charge in [0.25, 0.3) is 0 Å². The Balaban J connectivity index is 2.09. The predicted octanol–water partition coefficient (Wildman–Crippen LogP) is 4.12. The zero-order chi connectivity index (χ0) is 14.5. The molecule has 2 rings (SSSR count). The highest BCUT2D eigenvalue weighted by atomic mass is 35.5. The number of nitrogens with two attached hydrogens (primary N) is 1. The van der Waals surface area contributed by atoms with Crippen molar-refractivity contribution in [2.75, 3.05) is 6.61 Å². The van der Waals surface area contributed by atoms with Gasteiger partial charge in [0.05, 0.1) is 6.61 Å². The van der Waals surface area contributed by atoms with Crippen molar-refractivity contribution in [2.24, 2.45) is 5.73 Å². The van der Waals surface area contributed by atoms with Crippen LogP contribution in [0.1, 0.15) is 24.1 Å². The number of rotatable bonds is 5. The quantitative estimate of drug-likeness (QED) is 0.900. The van der Waals surface area contributed by atoms with Gasteiger partial charge in [0.1, 0.15) is 11.6 Å². The van der Waals surface area contributed by atoms with Gasteiger partial charge in [-0.2, -0.15) is 0 Å². The highest BCUT2D eigenvalue weighted by Gasteiger charge is 2.11. The summed E-state index contributed by atoms with van der Waals surface area (Å²) >= 11 is 5.73. The molecule has 0 spiro atoms. The van der Waals surface area contributed by atoms with Crippen molar-refractivity contribution in [3.8, 4) is 5.75 Å². The molecule has 0 saturated carbocycles. The summed E-state index contributed by atoms with van der Waals surface area (Å²) in [5.41, 5.74) is 7.63. The van der Waals surface area contributed by atoms with Crippen LogP contribution in [0.5, 0.6) is 5.75 Å². The number of hydrogen-bond donors (Lipinski definition) is 1. The van der Waals surface area contributed by atoms with Crippen LogP contribution in [0.15, 0.2) is 42.5 Å². The van der Waals surface area contributed by atoms with Crippen LogP contribution in [0.4, 0.5) is 4.39 Å². The smallest absolute Gasteiger partial charge is 0.127 e. The molecular weight excluding hydrogens is 277 g/mol. The molecule has 2 nitrogen and oxygen atoms in total. The zero-order valence-electron chi connectivity index (χ0n) is 11.3. The van der Waals surface area contributed by atoms with Crippen LogP contribution in [0, 0.1) is 5.82 Å². The molecule has 2 aromatic rings. The Morgan fingerprint density at radius 1 is 1.20 bits per heavy atom. The number of benzene rings is 2. The highest BCUT2D eigenvalue weighted by Crippen LogP contribution is 2.22. The van der Waals surface area contributed by atoms with Crippen LogP contribution in [-0.4, -0.2) is 6.61 Å². The molecule has 2 aromatic carbocycles. The van der Waals surface area contributed by atoms with Crippen LogP contribution >= 0.6 is 11.6 Å². The van der Waals surface area contributed by atoms with Crippen LogP contribution in [0.3, 0.4) is 0 Å². The SMILES string of the molecule is CCOc1ccc(C(N)Cc2ccc(Cl)cc2F)cc1. The average Bonchev–Trinajstić information content (AvgIpc) is 2.43. The maximum atomic E-state index is 13.7. The molecule has 4 heteroatoms. The Kier molecular flexibility index (Phi) is 4.99. The van der Waals surface area contributed by atoms with Crippen molar-refractivity contribution in [2.45, 2.75) is 19.4 Å². The summed E-state index contributed by atoms with van der Waals surface area (Å²) in [6, 6.07) is 11.9. The molecule has 1 atom stereocenters. The number of ether oxygens (including phenoxy) is 1. The lowest BCUT2D eigenvalue weighted by molar-refractivity contribution is 0.340. The van der Waals surface area contributed by atoms with Gasteiger partial charge >= 0.3 is 0 Å². The lowest BCUT2D eigenvalue weighted by Gasteiger charge is -2.13. The molecular formula is C16H17ClFNO. The molecule has 106 valence electrons. The molecule has 0 saturated heterocycles. The molecule has 0 heterocycles. The van der Waals surface area contributed by atoms with E-state index in [1.165, 1.54) is 6.07 Å². The second-order valence-corrected chi connectivity index (χ2v) is 4.98. The third-order valence-corrected chi connectivity index (χ3v) is 3.31. The van der Waals surface area contributed by atoms with Crippen molar-refractivity contribution in [1.82, 2.24) is 0 Å². The molecule has 1 unspecified atom stereocenters. The van der Waals surface area contributed by atoms with Crippen molar-refractivity contribution in [1.29, 1.82) is 0 Å². The summed E-state index contributed by atoms with van der Waals surface area (Å²) < 4.78 is 19.1. The fourth-order valence-electron chi connectivity index (χ4n) is 2.02. The second-order valence-electron chi connectivity index (χ2n) is 4.55. The van der Waals surface area contributed by atoms with E-state index in [9.17, 15) is 4.39 Å². The summed E-state index contributed by atoms with van der Waals surface area (Å²) in [6.45, 7) is 2.56. The lowest BCUT2D eigenvalue weighted by Crippen LogP contribution is -2.14. The van der Waals surface area contributed by atoms with Gasteiger partial charge in [-0.05, 0) is 48.7 Å². The highest BCUT2D eigenvalue weighted by molar-refractivity contribution is 6.30. The molecule has 0 amide bonds. The van der Waals surface area contributed by atoms with E-state index < -0.39 is 0 Å². The first-order valence-corrected chi connectivity index (χ1v) is 6.90. The van der Waals surface area contributed by atoms with Gasteiger partial charge in [0.15, 0.2) is 0 Å². The van der Waals surface area contributed by atoms with Crippen LogP contribution in [0.2, 0.25) is 5.02 Å². The zero-order valence-corrected chi connectivity index (χ0v) is 12.0. The van der Waals surface area contributed by atoms with E-state index >= 15 is 0 Å². The van der Waals surface area contributed by atoms with E-state index in [0.717, 1.165) is 11.3 Å². The molecule has 0 aliphatic heterocycles. The predicted molar refractivity (Wildman–Crippen MR) is 79.7 cm³/mol. The third-order valence-electron chi connectivity index (χ3n) is 3.07. The topological polar surface area (TPSA) is 35.2 Å². The summed E-state index contributed by atoms with van der Waals surface area (Å²) in [5, 5.41) is 0.390. The first-order chi connectivity index (χ1) is 9.60. The van der Waals surface area contributed by atoms with Gasteiger partial charge in [-0.25, -0.2) is 4.39 Å². The Morgan fingerprint density at radius 3 is 2.50 bits per heavy atom. The van der Waals surface area contributed by atoms with Crippen LogP contribution in [-0.2, 0) is 6.42 Å². The summed E-state index contributed by atoms with van der Waals surface area (Å²) in [7, 11) is 0. The molecule has 2 N–H and O–H groups in total. The first kappa shape index (κ1) is 14.8. The summed E-state index contributed by atoms with van der Waals surface area (Å²) in [4.78, 5) is 0. The van der Waals surface area contributed by atoms with Gasteiger partial charge in [0.2, 0.25) is 0 Å². The average molecular weight is 294 g/mol. The van der Waals surface area contributed by atoms with Crippen molar-refractivity contribution < 1.29 is 9.13 Å². The summed E-state index contributed by atoms with van der Waals surface area (Å²) in [6.07, 6.45) is 0.428. The molecule has 0 aliphatic carbocycles. The fourth-order valence-corrected chi connectivity index (χ4v) is 2.18. The van der Waals surface area contributed by atoms with E-state index in [4.69, 9.17) is 22.1 Å².